The molecule has 172 valence electrons. The lowest BCUT2D eigenvalue weighted by Gasteiger charge is -2.14. The van der Waals surface area contributed by atoms with Crippen molar-refractivity contribution in [2.45, 2.75) is 12.8 Å². The second kappa shape index (κ2) is 10.7. The Morgan fingerprint density at radius 3 is 2.58 bits per heavy atom. The molecule has 1 heterocycles. The van der Waals surface area contributed by atoms with Gasteiger partial charge in [-0.15, -0.1) is 13.2 Å². The van der Waals surface area contributed by atoms with Crippen LogP contribution in [0.2, 0.25) is 0 Å². The normalized spacial score (nSPS) is 11.2. The minimum Gasteiger partial charge on any atom is -0.406 e. The van der Waals surface area contributed by atoms with Crippen LogP contribution in [0.4, 0.5) is 30.6 Å². The van der Waals surface area contributed by atoms with Crippen molar-refractivity contribution in [2.24, 2.45) is 0 Å². The van der Waals surface area contributed by atoms with E-state index in [1.807, 2.05) is 14.1 Å². The molecule has 0 unspecified atom stereocenters. The summed E-state index contributed by atoms with van der Waals surface area (Å²) in [6.45, 7) is 1.47. The molecule has 0 aliphatic rings. The summed E-state index contributed by atoms with van der Waals surface area (Å²) >= 11 is 0. The van der Waals surface area contributed by atoms with Crippen LogP contribution in [0.25, 0.3) is 11.3 Å². The number of nitrogens with zero attached hydrogens (tertiary/aromatic N) is 4. The lowest BCUT2D eigenvalue weighted by molar-refractivity contribution is -0.274. The molecule has 0 amide bonds. The molecule has 0 aliphatic heterocycles. The maximum absolute atomic E-state index is 12.6. The summed E-state index contributed by atoms with van der Waals surface area (Å²) in [7, 11) is 3.95. The number of hydrogen-bond donors (Lipinski definition) is 2. The lowest BCUT2D eigenvalue weighted by atomic mass is 10.1. The van der Waals surface area contributed by atoms with Crippen LogP contribution in [0.15, 0.2) is 54.6 Å². The molecule has 0 bridgehead atoms. The van der Waals surface area contributed by atoms with Gasteiger partial charge >= 0.3 is 6.36 Å². The van der Waals surface area contributed by atoms with Gasteiger partial charge in [0.2, 0.25) is 5.95 Å². The largest absolute Gasteiger partial charge is 0.573 e. The number of halogens is 3. The van der Waals surface area contributed by atoms with E-state index >= 15 is 0 Å². The maximum Gasteiger partial charge on any atom is 0.573 e. The van der Waals surface area contributed by atoms with Crippen molar-refractivity contribution in [3.8, 4) is 23.1 Å². The van der Waals surface area contributed by atoms with Gasteiger partial charge in [-0.1, -0.05) is 24.3 Å². The Bertz CT molecular complexity index is 1130. The predicted molar refractivity (Wildman–Crippen MR) is 120 cm³/mol. The molecule has 0 spiro atoms. The number of nitriles is 1. The van der Waals surface area contributed by atoms with Crippen LogP contribution in [0, 0.1) is 11.3 Å². The van der Waals surface area contributed by atoms with E-state index in [1.165, 1.54) is 18.2 Å². The van der Waals surface area contributed by atoms with E-state index in [-0.39, 0.29) is 5.75 Å². The third-order valence-corrected chi connectivity index (χ3v) is 4.46. The van der Waals surface area contributed by atoms with Crippen molar-refractivity contribution in [3.05, 3.63) is 60.2 Å². The van der Waals surface area contributed by atoms with Gasteiger partial charge in [0.15, 0.2) is 0 Å². The molecule has 33 heavy (non-hydrogen) atoms. The second-order valence-electron chi connectivity index (χ2n) is 7.40. The van der Waals surface area contributed by atoms with Gasteiger partial charge in [0, 0.05) is 18.2 Å². The molecule has 0 radical (unpaired) electrons. The zero-order chi connectivity index (χ0) is 23.8. The number of benzene rings is 2. The van der Waals surface area contributed by atoms with E-state index in [0.717, 1.165) is 13.0 Å². The standard InChI is InChI=1S/C23H23F3N6O/c1-32(2)12-6-11-28-22-30-20(16-8-5-9-18(13-16)33-23(24,25)26)14-21(31-22)29-19-10-4-3-7-17(19)15-27/h3-5,7-10,13-14H,6,11-12H2,1-2H3,(H2,28,29,30,31). The summed E-state index contributed by atoms with van der Waals surface area (Å²) in [5, 5.41) is 15.6. The summed E-state index contributed by atoms with van der Waals surface area (Å²) in [5.41, 5.74) is 1.80. The Balaban J connectivity index is 1.93. The van der Waals surface area contributed by atoms with Crippen molar-refractivity contribution < 1.29 is 17.9 Å². The van der Waals surface area contributed by atoms with Crippen LogP contribution >= 0.6 is 0 Å². The number of rotatable bonds is 9. The fraction of sp³-hybridized carbons (Fsp3) is 0.261. The number of nitrogens with one attached hydrogen (secondary N) is 2. The van der Waals surface area contributed by atoms with Crippen molar-refractivity contribution in [2.75, 3.05) is 37.8 Å². The molecular formula is C23H23F3N6O. The highest BCUT2D eigenvalue weighted by molar-refractivity contribution is 5.70. The number of anilines is 3. The summed E-state index contributed by atoms with van der Waals surface area (Å²) in [4.78, 5) is 11.0. The fourth-order valence-electron chi connectivity index (χ4n) is 3.01. The van der Waals surface area contributed by atoms with E-state index in [1.54, 1.807) is 36.4 Å². The molecule has 2 aromatic carbocycles. The number of alkyl halides is 3. The Morgan fingerprint density at radius 2 is 1.85 bits per heavy atom. The minimum absolute atomic E-state index is 0.310. The van der Waals surface area contributed by atoms with E-state index in [9.17, 15) is 18.4 Å². The van der Waals surface area contributed by atoms with Gasteiger partial charge in [0.25, 0.3) is 0 Å². The van der Waals surface area contributed by atoms with Crippen LogP contribution in [0.3, 0.4) is 0 Å². The maximum atomic E-state index is 12.6. The first-order valence-electron chi connectivity index (χ1n) is 10.1. The van der Waals surface area contributed by atoms with E-state index in [2.05, 4.69) is 36.3 Å². The molecule has 7 nitrogen and oxygen atoms in total. The van der Waals surface area contributed by atoms with E-state index in [0.29, 0.717) is 40.8 Å². The molecular weight excluding hydrogens is 433 g/mol. The van der Waals surface area contributed by atoms with Gasteiger partial charge in [0.05, 0.1) is 16.9 Å². The molecule has 0 aliphatic carbocycles. The van der Waals surface area contributed by atoms with Gasteiger partial charge < -0.3 is 20.3 Å². The Hall–Kier alpha value is -3.84. The van der Waals surface area contributed by atoms with Crippen LogP contribution in [0.5, 0.6) is 5.75 Å². The summed E-state index contributed by atoms with van der Waals surface area (Å²) < 4.78 is 42.0. The number of aromatic nitrogens is 2. The Morgan fingerprint density at radius 1 is 1.06 bits per heavy atom. The van der Waals surface area contributed by atoms with Crippen LogP contribution < -0.4 is 15.4 Å². The molecule has 0 saturated carbocycles. The first-order valence-corrected chi connectivity index (χ1v) is 10.1. The van der Waals surface area contributed by atoms with Crippen LogP contribution in [0.1, 0.15) is 12.0 Å². The molecule has 2 N–H and O–H groups in total. The third kappa shape index (κ3) is 7.36. The molecule has 0 saturated heterocycles. The van der Waals surface area contributed by atoms with Gasteiger partial charge in [-0.25, -0.2) is 4.98 Å². The first-order chi connectivity index (χ1) is 15.7. The number of para-hydroxylation sites is 1. The first kappa shape index (κ1) is 23.8. The summed E-state index contributed by atoms with van der Waals surface area (Å²) in [5.74, 6) is 0.355. The van der Waals surface area contributed by atoms with Gasteiger partial charge in [0.1, 0.15) is 17.6 Å². The van der Waals surface area contributed by atoms with Gasteiger partial charge in [-0.2, -0.15) is 10.2 Å². The van der Waals surface area contributed by atoms with Crippen molar-refractivity contribution in [3.63, 3.8) is 0 Å². The average Bonchev–Trinajstić information content (AvgIpc) is 2.76. The number of ether oxygens (including phenoxy) is 1. The third-order valence-electron chi connectivity index (χ3n) is 4.46. The Labute approximate surface area is 189 Å². The minimum atomic E-state index is -4.79. The molecule has 3 aromatic rings. The Kier molecular flexibility index (Phi) is 7.69. The van der Waals surface area contributed by atoms with Crippen molar-refractivity contribution in [1.82, 2.24) is 14.9 Å². The smallest absolute Gasteiger partial charge is 0.406 e. The molecule has 1 aromatic heterocycles. The lowest BCUT2D eigenvalue weighted by Crippen LogP contribution is -2.17. The van der Waals surface area contributed by atoms with Crippen LogP contribution in [-0.4, -0.2) is 48.4 Å². The van der Waals surface area contributed by atoms with Gasteiger partial charge in [-0.05, 0) is 51.3 Å². The van der Waals surface area contributed by atoms with Crippen molar-refractivity contribution in [1.29, 1.82) is 5.26 Å². The second-order valence-corrected chi connectivity index (χ2v) is 7.40. The summed E-state index contributed by atoms with van der Waals surface area (Å²) in [6, 6.07) is 16.2. The fourth-order valence-corrected chi connectivity index (χ4v) is 3.01. The highest BCUT2D eigenvalue weighted by Crippen LogP contribution is 2.29. The molecule has 0 fully saturated rings. The summed E-state index contributed by atoms with van der Waals surface area (Å²) in [6.07, 6.45) is -3.95. The zero-order valence-electron chi connectivity index (χ0n) is 18.1. The number of hydrogen-bond acceptors (Lipinski definition) is 7. The van der Waals surface area contributed by atoms with Crippen LogP contribution in [-0.2, 0) is 0 Å². The predicted octanol–water partition coefficient (Wildman–Crippen LogP) is 5.02. The van der Waals surface area contributed by atoms with Gasteiger partial charge in [-0.3, -0.25) is 0 Å². The zero-order valence-corrected chi connectivity index (χ0v) is 18.1. The molecule has 10 heteroatoms. The average molecular weight is 456 g/mol. The SMILES string of the molecule is CN(C)CCCNc1nc(Nc2ccccc2C#N)cc(-c2cccc(OC(F)(F)F)c2)n1. The quantitative estimate of drug-likeness (QED) is 0.437. The van der Waals surface area contributed by atoms with E-state index in [4.69, 9.17) is 0 Å². The highest BCUT2D eigenvalue weighted by atomic mass is 19.4. The van der Waals surface area contributed by atoms with Crippen molar-refractivity contribution >= 4 is 17.5 Å². The van der Waals surface area contributed by atoms with E-state index < -0.39 is 6.36 Å². The molecule has 0 atom stereocenters. The topological polar surface area (TPSA) is 86.1 Å². The highest BCUT2D eigenvalue weighted by Gasteiger charge is 2.31. The molecule has 3 rings (SSSR count). The monoisotopic (exact) mass is 456 g/mol.